The van der Waals surface area contributed by atoms with Gasteiger partial charge in [0.1, 0.15) is 16.7 Å². The highest BCUT2D eigenvalue weighted by Gasteiger charge is 2.18. The van der Waals surface area contributed by atoms with Gasteiger partial charge in [-0.05, 0) is 53.6 Å². The van der Waals surface area contributed by atoms with Crippen LogP contribution in [0.1, 0.15) is 0 Å². The van der Waals surface area contributed by atoms with Gasteiger partial charge in [-0.1, -0.05) is 103 Å². The van der Waals surface area contributed by atoms with Gasteiger partial charge in [0, 0.05) is 27.5 Å². The molecule has 0 atom stereocenters. The van der Waals surface area contributed by atoms with E-state index in [0.29, 0.717) is 23.4 Å². The third kappa shape index (κ3) is 4.52. The van der Waals surface area contributed by atoms with E-state index in [0.717, 1.165) is 66.4 Å². The van der Waals surface area contributed by atoms with Gasteiger partial charge in [0.05, 0.1) is 5.56 Å². The van der Waals surface area contributed by atoms with E-state index < -0.39 is 0 Å². The Hall–Kier alpha value is -6.40. The summed E-state index contributed by atoms with van der Waals surface area (Å²) < 4.78 is 12.6. The summed E-state index contributed by atoms with van der Waals surface area (Å²) in [5.74, 6) is 2.39. The predicted octanol–water partition coefficient (Wildman–Crippen LogP) is 10.2. The zero-order valence-corrected chi connectivity index (χ0v) is 24.5. The first-order valence-electron chi connectivity index (χ1n) is 15.1. The minimum absolute atomic E-state index is 0.559. The molecule has 0 spiro atoms. The van der Waals surface area contributed by atoms with Crippen LogP contribution >= 0.6 is 0 Å². The molecule has 6 heteroatoms. The van der Waals surface area contributed by atoms with Gasteiger partial charge in [-0.2, -0.15) is 0 Å². The molecule has 0 saturated carbocycles. The second-order valence-electron chi connectivity index (χ2n) is 11.1. The van der Waals surface area contributed by atoms with E-state index in [-0.39, 0.29) is 0 Å². The molecule has 46 heavy (non-hydrogen) atoms. The fraction of sp³-hybridized carbons (Fsp3) is 0. The first-order chi connectivity index (χ1) is 22.8. The van der Waals surface area contributed by atoms with E-state index in [2.05, 4.69) is 30.3 Å². The molecule has 6 nitrogen and oxygen atoms in total. The molecule has 0 aliphatic carbocycles. The second kappa shape index (κ2) is 10.6. The molecular formula is C40H24N4O2. The molecule has 3 aromatic heterocycles. The van der Waals surface area contributed by atoms with Crippen molar-refractivity contribution in [3.8, 4) is 56.7 Å². The summed E-state index contributed by atoms with van der Waals surface area (Å²) in [6, 6.07) is 48.4. The lowest BCUT2D eigenvalue weighted by Gasteiger charge is -2.08. The van der Waals surface area contributed by atoms with Gasteiger partial charge < -0.3 is 8.83 Å². The summed E-state index contributed by atoms with van der Waals surface area (Å²) in [4.78, 5) is 19.5. The van der Waals surface area contributed by atoms with E-state index in [1.165, 1.54) is 0 Å². The molecule has 0 bridgehead atoms. The van der Waals surface area contributed by atoms with E-state index in [1.54, 1.807) is 0 Å². The lowest BCUT2D eigenvalue weighted by atomic mass is 10.0. The number of aromatic nitrogens is 4. The normalized spacial score (nSPS) is 11.5. The summed E-state index contributed by atoms with van der Waals surface area (Å²) >= 11 is 0. The Labute approximate surface area is 263 Å². The smallest absolute Gasteiger partial charge is 0.227 e. The van der Waals surface area contributed by atoms with Crippen LogP contribution in [0.3, 0.4) is 0 Å². The number of hydrogen-bond acceptors (Lipinski definition) is 6. The average molecular weight is 593 g/mol. The zero-order valence-electron chi connectivity index (χ0n) is 24.5. The minimum atomic E-state index is 0.559. The van der Waals surface area contributed by atoms with Crippen molar-refractivity contribution in [2.45, 2.75) is 0 Å². The van der Waals surface area contributed by atoms with E-state index in [9.17, 15) is 0 Å². The highest BCUT2D eigenvalue weighted by atomic mass is 16.3. The van der Waals surface area contributed by atoms with Crippen LogP contribution in [-0.4, -0.2) is 19.9 Å². The molecule has 6 aromatic carbocycles. The molecule has 0 saturated heterocycles. The number of oxazole rings is 1. The van der Waals surface area contributed by atoms with Crippen LogP contribution in [0.5, 0.6) is 0 Å². The SMILES string of the molecule is c1ccc(-c2nc(-c3ccccc3)nc(-c3cccc4c3oc3ccc(-c5ccc6oc(-c7ccccc7)nc6c5)cc34)n2)cc1. The third-order valence-electron chi connectivity index (χ3n) is 8.18. The van der Waals surface area contributed by atoms with Gasteiger partial charge in [-0.15, -0.1) is 0 Å². The van der Waals surface area contributed by atoms with Crippen molar-refractivity contribution < 1.29 is 8.83 Å². The van der Waals surface area contributed by atoms with Gasteiger partial charge in [0.25, 0.3) is 0 Å². The van der Waals surface area contributed by atoms with Gasteiger partial charge in [0.2, 0.25) is 5.89 Å². The van der Waals surface area contributed by atoms with E-state index >= 15 is 0 Å². The number of para-hydroxylation sites is 1. The Balaban J connectivity index is 1.16. The summed E-state index contributed by atoms with van der Waals surface area (Å²) in [6.45, 7) is 0. The first kappa shape index (κ1) is 26.0. The van der Waals surface area contributed by atoms with Gasteiger partial charge in [0.15, 0.2) is 23.1 Å². The van der Waals surface area contributed by atoms with Crippen molar-refractivity contribution in [1.82, 2.24) is 19.9 Å². The highest BCUT2D eigenvalue weighted by molar-refractivity contribution is 6.10. The summed E-state index contributed by atoms with van der Waals surface area (Å²) in [5.41, 5.74) is 8.80. The number of fused-ring (bicyclic) bond motifs is 4. The topological polar surface area (TPSA) is 77.8 Å². The van der Waals surface area contributed by atoms with Crippen molar-refractivity contribution in [3.63, 3.8) is 0 Å². The summed E-state index contributed by atoms with van der Waals surface area (Å²) in [6.07, 6.45) is 0. The standard InChI is InChI=1S/C40H24N4O2/c1-4-11-25(12-5-1)37-42-38(26-13-6-2-7-14-26)44-39(43-37)31-18-10-17-30-32-23-28(19-21-34(32)45-36(30)31)29-20-22-35-33(24-29)41-40(46-35)27-15-8-3-9-16-27/h1-24H. The number of rotatable bonds is 5. The molecule has 0 radical (unpaired) electrons. The number of benzene rings is 6. The molecule has 0 fully saturated rings. The molecule has 0 amide bonds. The molecule has 0 unspecified atom stereocenters. The van der Waals surface area contributed by atoms with Crippen LogP contribution in [0.4, 0.5) is 0 Å². The summed E-state index contributed by atoms with van der Waals surface area (Å²) in [5, 5.41) is 2.01. The summed E-state index contributed by atoms with van der Waals surface area (Å²) in [7, 11) is 0. The van der Waals surface area contributed by atoms with E-state index in [4.69, 9.17) is 28.8 Å². The molecule has 9 rings (SSSR count). The van der Waals surface area contributed by atoms with Crippen LogP contribution in [0.25, 0.3) is 89.8 Å². The molecule has 216 valence electrons. The van der Waals surface area contributed by atoms with Crippen LogP contribution < -0.4 is 0 Å². The van der Waals surface area contributed by atoms with Gasteiger partial charge in [-0.25, -0.2) is 19.9 Å². The van der Waals surface area contributed by atoms with Gasteiger partial charge >= 0.3 is 0 Å². The fourth-order valence-corrected chi connectivity index (χ4v) is 5.89. The quantitative estimate of drug-likeness (QED) is 0.198. The largest absolute Gasteiger partial charge is 0.455 e. The molecule has 3 heterocycles. The molecular weight excluding hydrogens is 568 g/mol. The van der Waals surface area contributed by atoms with Crippen LogP contribution in [-0.2, 0) is 0 Å². The Bertz CT molecular complexity index is 2460. The Morgan fingerprint density at radius 3 is 1.63 bits per heavy atom. The average Bonchev–Trinajstić information content (AvgIpc) is 3.74. The van der Waals surface area contributed by atoms with Gasteiger partial charge in [-0.3, -0.25) is 0 Å². The lowest BCUT2D eigenvalue weighted by molar-refractivity contribution is 0.620. The molecule has 9 aromatic rings. The van der Waals surface area contributed by atoms with Crippen molar-refractivity contribution >= 4 is 33.0 Å². The number of furan rings is 1. The maximum absolute atomic E-state index is 6.51. The van der Waals surface area contributed by atoms with Crippen LogP contribution in [0, 0.1) is 0 Å². The molecule has 0 aliphatic rings. The van der Waals surface area contributed by atoms with Crippen molar-refractivity contribution in [1.29, 1.82) is 0 Å². The number of hydrogen-bond donors (Lipinski definition) is 0. The maximum Gasteiger partial charge on any atom is 0.227 e. The second-order valence-corrected chi connectivity index (χ2v) is 11.1. The van der Waals surface area contributed by atoms with E-state index in [1.807, 2.05) is 115 Å². The minimum Gasteiger partial charge on any atom is -0.455 e. The lowest BCUT2D eigenvalue weighted by Crippen LogP contribution is -2.00. The van der Waals surface area contributed by atoms with Crippen molar-refractivity contribution in [3.05, 3.63) is 146 Å². The van der Waals surface area contributed by atoms with Crippen LogP contribution in [0.15, 0.2) is 154 Å². The third-order valence-corrected chi connectivity index (χ3v) is 8.18. The predicted molar refractivity (Wildman–Crippen MR) is 182 cm³/mol. The zero-order chi connectivity index (χ0) is 30.5. The Morgan fingerprint density at radius 2 is 0.957 bits per heavy atom. The maximum atomic E-state index is 6.51. The first-order valence-corrected chi connectivity index (χ1v) is 15.1. The number of nitrogens with zero attached hydrogens (tertiary/aromatic N) is 4. The Morgan fingerprint density at radius 1 is 0.370 bits per heavy atom. The van der Waals surface area contributed by atoms with Crippen molar-refractivity contribution in [2.75, 3.05) is 0 Å². The fourth-order valence-electron chi connectivity index (χ4n) is 5.89. The van der Waals surface area contributed by atoms with Crippen molar-refractivity contribution in [2.24, 2.45) is 0 Å². The molecule has 0 N–H and O–H groups in total. The molecule has 0 aliphatic heterocycles. The van der Waals surface area contributed by atoms with Crippen LogP contribution in [0.2, 0.25) is 0 Å². The highest BCUT2D eigenvalue weighted by Crippen LogP contribution is 2.38. The monoisotopic (exact) mass is 592 g/mol. The Kier molecular flexibility index (Phi) is 6.03.